The van der Waals surface area contributed by atoms with E-state index in [1.54, 1.807) is 11.9 Å². The molecule has 0 saturated heterocycles. The molecule has 2 rings (SSSR count). The predicted octanol–water partition coefficient (Wildman–Crippen LogP) is 2.48. The molecule has 108 valence electrons. The molecule has 2 N–H and O–H groups in total. The molecule has 5 nitrogen and oxygen atoms in total. The van der Waals surface area contributed by atoms with Crippen molar-refractivity contribution in [2.45, 2.75) is 19.6 Å². The van der Waals surface area contributed by atoms with Gasteiger partial charge in [0.1, 0.15) is 5.82 Å². The van der Waals surface area contributed by atoms with Crippen molar-refractivity contribution in [1.82, 2.24) is 15.0 Å². The molecule has 0 aliphatic heterocycles. The van der Waals surface area contributed by atoms with E-state index in [2.05, 4.69) is 15.0 Å². The van der Waals surface area contributed by atoms with Gasteiger partial charge in [-0.3, -0.25) is 0 Å². The maximum atomic E-state index is 12.7. The van der Waals surface area contributed by atoms with E-state index in [1.165, 1.54) is 11.3 Å². The number of aromatic nitrogens is 3. The quantitative estimate of drug-likeness (QED) is 0.943. The lowest BCUT2D eigenvalue weighted by Gasteiger charge is -2.18. The van der Waals surface area contributed by atoms with Gasteiger partial charge in [0.25, 0.3) is 0 Å². The molecule has 0 amide bonds. The molecule has 0 unspecified atom stereocenters. The fourth-order valence-corrected chi connectivity index (χ4v) is 2.20. The summed E-state index contributed by atoms with van der Waals surface area (Å²) in [5, 5.41) is 2.74. The highest BCUT2D eigenvalue weighted by molar-refractivity contribution is 7.09. The molecule has 0 saturated carbocycles. The number of aryl methyl sites for hydroxylation is 1. The van der Waals surface area contributed by atoms with E-state index < -0.39 is 17.8 Å². The molecule has 0 bridgehead atoms. The summed E-state index contributed by atoms with van der Waals surface area (Å²) < 4.78 is 38.0. The minimum absolute atomic E-state index is 0.107. The van der Waals surface area contributed by atoms with Gasteiger partial charge in [-0.2, -0.15) is 18.2 Å². The summed E-state index contributed by atoms with van der Waals surface area (Å²) in [5.74, 6) is -0.299. The Bertz CT molecular complexity index is 610. The number of halogens is 3. The van der Waals surface area contributed by atoms with Crippen LogP contribution in [-0.2, 0) is 12.7 Å². The summed E-state index contributed by atoms with van der Waals surface area (Å²) in [5.41, 5.74) is 5.04. The first-order valence-electron chi connectivity index (χ1n) is 5.59. The average molecular weight is 303 g/mol. The highest BCUT2D eigenvalue weighted by Crippen LogP contribution is 2.30. The molecule has 0 aliphatic rings. The zero-order valence-corrected chi connectivity index (χ0v) is 11.6. The van der Waals surface area contributed by atoms with Gasteiger partial charge in [-0.15, -0.1) is 11.3 Å². The van der Waals surface area contributed by atoms with Crippen molar-refractivity contribution in [3.05, 3.63) is 27.8 Å². The van der Waals surface area contributed by atoms with Gasteiger partial charge in [0.15, 0.2) is 5.69 Å². The third-order valence-corrected chi connectivity index (χ3v) is 3.30. The van der Waals surface area contributed by atoms with E-state index in [1.807, 2.05) is 12.3 Å². The normalized spacial score (nSPS) is 11.7. The van der Waals surface area contributed by atoms with Crippen LogP contribution in [-0.4, -0.2) is 22.0 Å². The fraction of sp³-hybridized carbons (Fsp3) is 0.364. The second-order valence-electron chi connectivity index (χ2n) is 4.18. The van der Waals surface area contributed by atoms with Crippen LogP contribution in [0.15, 0.2) is 11.4 Å². The highest BCUT2D eigenvalue weighted by Gasteiger charge is 2.33. The molecule has 9 heteroatoms. The molecule has 20 heavy (non-hydrogen) atoms. The Morgan fingerprint density at radius 3 is 2.55 bits per heavy atom. The summed E-state index contributed by atoms with van der Waals surface area (Å²) in [6.07, 6.45) is -4.55. The zero-order valence-electron chi connectivity index (χ0n) is 10.8. The number of alkyl halides is 3. The van der Waals surface area contributed by atoms with E-state index >= 15 is 0 Å². The van der Waals surface area contributed by atoms with Crippen LogP contribution in [0.3, 0.4) is 0 Å². The maximum Gasteiger partial charge on any atom is 0.433 e. The van der Waals surface area contributed by atoms with Gasteiger partial charge in [0.2, 0.25) is 5.95 Å². The van der Waals surface area contributed by atoms with E-state index in [0.717, 1.165) is 16.8 Å². The van der Waals surface area contributed by atoms with E-state index in [-0.39, 0.29) is 5.82 Å². The first kappa shape index (κ1) is 14.5. The number of hydrogen-bond donors (Lipinski definition) is 1. The largest absolute Gasteiger partial charge is 0.433 e. The molecule has 0 fully saturated rings. The summed E-state index contributed by atoms with van der Waals surface area (Å²) >= 11 is 1.48. The van der Waals surface area contributed by atoms with Crippen LogP contribution in [0.5, 0.6) is 0 Å². The third-order valence-electron chi connectivity index (χ3n) is 2.48. The lowest BCUT2D eigenvalue weighted by atomic mass is 10.3. The van der Waals surface area contributed by atoms with Crippen LogP contribution in [0.1, 0.15) is 16.4 Å². The monoisotopic (exact) mass is 303 g/mol. The van der Waals surface area contributed by atoms with Gasteiger partial charge in [0, 0.05) is 18.5 Å². The van der Waals surface area contributed by atoms with Gasteiger partial charge in [-0.1, -0.05) is 0 Å². The Morgan fingerprint density at radius 2 is 2.00 bits per heavy atom. The number of nitrogen functional groups attached to an aromatic ring is 1. The molecule has 0 aromatic carbocycles. The van der Waals surface area contributed by atoms with Crippen LogP contribution < -0.4 is 10.6 Å². The minimum atomic E-state index is -4.55. The smallest absolute Gasteiger partial charge is 0.368 e. The van der Waals surface area contributed by atoms with Gasteiger partial charge >= 0.3 is 6.18 Å². The van der Waals surface area contributed by atoms with Gasteiger partial charge in [0.05, 0.1) is 17.2 Å². The Labute approximate surface area is 117 Å². The van der Waals surface area contributed by atoms with Crippen molar-refractivity contribution < 1.29 is 13.2 Å². The molecule has 2 aromatic rings. The molecule has 0 atom stereocenters. The van der Waals surface area contributed by atoms with Crippen LogP contribution in [0, 0.1) is 6.92 Å². The fourth-order valence-electron chi connectivity index (χ4n) is 1.60. The van der Waals surface area contributed by atoms with Crippen molar-refractivity contribution in [1.29, 1.82) is 0 Å². The summed E-state index contributed by atoms with van der Waals surface area (Å²) in [6.45, 7) is 2.21. The van der Waals surface area contributed by atoms with Crippen LogP contribution >= 0.6 is 11.3 Å². The Hall–Kier alpha value is -1.90. The van der Waals surface area contributed by atoms with Crippen molar-refractivity contribution >= 4 is 23.1 Å². The van der Waals surface area contributed by atoms with Gasteiger partial charge in [-0.25, -0.2) is 9.97 Å². The van der Waals surface area contributed by atoms with Crippen LogP contribution in [0.4, 0.5) is 24.9 Å². The molecular formula is C11H12F3N5S. The summed E-state index contributed by atoms with van der Waals surface area (Å²) in [7, 11) is 1.62. The number of thiazole rings is 1. The van der Waals surface area contributed by atoms with Crippen molar-refractivity contribution in [3.8, 4) is 0 Å². The minimum Gasteiger partial charge on any atom is -0.368 e. The standard InChI is InChI=1S/C11H12F3N5S/c1-6-16-7(5-20-6)4-19(2)9-3-8(11(12,13)14)17-10(15)18-9/h3,5H,4H2,1-2H3,(H2,15,17,18). The lowest BCUT2D eigenvalue weighted by Crippen LogP contribution is -2.20. The number of anilines is 2. The molecule has 2 heterocycles. The summed E-state index contributed by atoms with van der Waals surface area (Å²) in [4.78, 5) is 12.8. The second kappa shape index (κ2) is 5.23. The number of rotatable bonds is 3. The average Bonchev–Trinajstić information content (AvgIpc) is 2.72. The lowest BCUT2D eigenvalue weighted by molar-refractivity contribution is -0.141. The Kier molecular flexibility index (Phi) is 3.80. The third kappa shape index (κ3) is 3.35. The topological polar surface area (TPSA) is 67.9 Å². The van der Waals surface area contributed by atoms with E-state index in [0.29, 0.717) is 6.54 Å². The molecule has 0 radical (unpaired) electrons. The van der Waals surface area contributed by atoms with E-state index in [9.17, 15) is 13.2 Å². The van der Waals surface area contributed by atoms with Crippen LogP contribution in [0.25, 0.3) is 0 Å². The zero-order chi connectivity index (χ0) is 14.9. The van der Waals surface area contributed by atoms with Crippen molar-refractivity contribution in [2.24, 2.45) is 0 Å². The molecular weight excluding hydrogens is 291 g/mol. The van der Waals surface area contributed by atoms with Crippen molar-refractivity contribution in [3.63, 3.8) is 0 Å². The molecule has 2 aromatic heterocycles. The van der Waals surface area contributed by atoms with Crippen LogP contribution in [0.2, 0.25) is 0 Å². The Morgan fingerprint density at radius 1 is 1.30 bits per heavy atom. The Balaban J connectivity index is 2.25. The van der Waals surface area contributed by atoms with Crippen molar-refractivity contribution in [2.75, 3.05) is 17.7 Å². The number of nitrogens with zero attached hydrogens (tertiary/aromatic N) is 4. The van der Waals surface area contributed by atoms with E-state index in [4.69, 9.17) is 5.73 Å². The van der Waals surface area contributed by atoms with Gasteiger partial charge in [-0.05, 0) is 6.92 Å². The predicted molar refractivity (Wildman–Crippen MR) is 70.4 cm³/mol. The maximum absolute atomic E-state index is 12.7. The number of nitrogens with two attached hydrogens (primary N) is 1. The molecule has 0 spiro atoms. The van der Waals surface area contributed by atoms with Gasteiger partial charge < -0.3 is 10.6 Å². The SMILES string of the molecule is Cc1nc(CN(C)c2cc(C(F)(F)F)nc(N)n2)cs1. The highest BCUT2D eigenvalue weighted by atomic mass is 32.1. The summed E-state index contributed by atoms with van der Waals surface area (Å²) in [6, 6.07) is 0.871. The number of hydrogen-bond acceptors (Lipinski definition) is 6. The first-order chi connectivity index (χ1) is 9.25. The first-order valence-corrected chi connectivity index (χ1v) is 6.47. The molecule has 0 aliphatic carbocycles. The second-order valence-corrected chi connectivity index (χ2v) is 5.24.